The van der Waals surface area contributed by atoms with Gasteiger partial charge in [-0.2, -0.15) is 0 Å². The highest BCUT2D eigenvalue weighted by atomic mass is 35.5. The minimum atomic E-state index is -0.0947. The molecule has 0 aliphatic rings. The molecule has 2 aromatic carbocycles. The van der Waals surface area contributed by atoms with Crippen molar-refractivity contribution in [3.05, 3.63) is 53.1 Å². The molecule has 0 fully saturated rings. The number of anilines is 1. The second kappa shape index (κ2) is 9.37. The van der Waals surface area contributed by atoms with E-state index in [1.807, 2.05) is 32.3 Å². The normalized spacial score (nSPS) is 10.8. The topological polar surface area (TPSA) is 45.7 Å². The monoisotopic (exact) mass is 419 g/mol. The molecule has 28 heavy (non-hydrogen) atoms. The average Bonchev–Trinajstić information content (AvgIpc) is 3.09. The number of carbonyl (C=O) groups is 1. The van der Waals surface area contributed by atoms with E-state index in [1.165, 1.54) is 5.56 Å². The summed E-state index contributed by atoms with van der Waals surface area (Å²) in [4.78, 5) is 22.0. The third kappa shape index (κ3) is 4.46. The fraction of sp³-hybridized carbons (Fsp3) is 0.333. The van der Waals surface area contributed by atoms with Crippen LogP contribution in [0.1, 0.15) is 21.5 Å². The number of aryl methyl sites for hydroxylation is 2. The average molecular weight is 420 g/mol. The summed E-state index contributed by atoms with van der Waals surface area (Å²) >= 11 is 1.55. The lowest BCUT2D eigenvalue weighted by molar-refractivity contribution is 0.0982. The van der Waals surface area contributed by atoms with Gasteiger partial charge in [-0.1, -0.05) is 29.5 Å². The molecule has 0 aliphatic carbocycles. The molecule has 0 atom stereocenters. The van der Waals surface area contributed by atoms with E-state index in [-0.39, 0.29) is 18.3 Å². The second-order valence-electron chi connectivity index (χ2n) is 6.81. The first kappa shape index (κ1) is 22.1. The number of thiazole rings is 1. The number of fused-ring (bicyclic) bond motifs is 1. The number of methoxy groups -OCH3 is 1. The molecule has 5 nitrogen and oxygen atoms in total. The number of hydrogen-bond acceptors (Lipinski definition) is 5. The predicted molar refractivity (Wildman–Crippen MR) is 120 cm³/mol. The van der Waals surface area contributed by atoms with Gasteiger partial charge in [0.05, 0.1) is 22.9 Å². The maximum atomic E-state index is 13.4. The third-order valence-corrected chi connectivity index (χ3v) is 5.70. The van der Waals surface area contributed by atoms with Crippen LogP contribution in [0.3, 0.4) is 0 Å². The largest absolute Gasteiger partial charge is 0.496 e. The van der Waals surface area contributed by atoms with Crippen LogP contribution in [0.5, 0.6) is 5.75 Å². The summed E-state index contributed by atoms with van der Waals surface area (Å²) in [7, 11) is 5.58. The van der Waals surface area contributed by atoms with Crippen LogP contribution in [0.4, 0.5) is 5.13 Å². The van der Waals surface area contributed by atoms with E-state index >= 15 is 0 Å². The molecule has 0 spiro atoms. The van der Waals surface area contributed by atoms with E-state index in [1.54, 1.807) is 29.4 Å². The lowest BCUT2D eigenvalue weighted by atomic mass is 10.1. The molecule has 0 radical (unpaired) electrons. The maximum absolute atomic E-state index is 13.4. The lowest BCUT2D eigenvalue weighted by Gasteiger charge is -2.22. The Morgan fingerprint density at radius 1 is 1.11 bits per heavy atom. The van der Waals surface area contributed by atoms with Crippen molar-refractivity contribution in [2.45, 2.75) is 13.8 Å². The third-order valence-electron chi connectivity index (χ3n) is 4.66. The molecule has 0 saturated carbocycles. The number of carbonyl (C=O) groups excluding carboxylic acids is 1. The van der Waals surface area contributed by atoms with Crippen molar-refractivity contribution in [1.29, 1.82) is 0 Å². The Kier molecular flexibility index (Phi) is 7.41. The molecule has 1 aromatic heterocycles. The van der Waals surface area contributed by atoms with Gasteiger partial charge in [-0.15, -0.1) is 12.4 Å². The summed E-state index contributed by atoms with van der Waals surface area (Å²) in [5, 5.41) is 0.719. The van der Waals surface area contributed by atoms with E-state index < -0.39 is 0 Å². The van der Waals surface area contributed by atoms with E-state index in [9.17, 15) is 4.79 Å². The van der Waals surface area contributed by atoms with Crippen LogP contribution in [0.25, 0.3) is 10.2 Å². The molecule has 1 heterocycles. The smallest absolute Gasteiger partial charge is 0.263 e. The molecule has 0 N–H and O–H groups in total. The summed E-state index contributed by atoms with van der Waals surface area (Å²) in [5.41, 5.74) is 3.88. The van der Waals surface area contributed by atoms with Crippen molar-refractivity contribution in [1.82, 2.24) is 9.88 Å². The molecule has 1 amide bonds. The number of aromatic nitrogens is 1. The molecule has 0 saturated heterocycles. The highest BCUT2D eigenvalue weighted by Crippen LogP contribution is 2.33. The standard InChI is InChI=1S/C21H25N3O2S.ClH/c1-14-10-11-18-19(15(14)2)22-21(27-18)24(13-12-23(3)4)20(25)16-8-6-7-9-17(16)26-5;/h6-11H,12-13H2,1-5H3;1H. The van der Waals surface area contributed by atoms with Crippen molar-refractivity contribution in [3.8, 4) is 5.75 Å². The number of ether oxygens (including phenoxy) is 1. The van der Waals surface area contributed by atoms with Crippen molar-refractivity contribution in [3.63, 3.8) is 0 Å². The van der Waals surface area contributed by atoms with Crippen LogP contribution in [0.15, 0.2) is 36.4 Å². The van der Waals surface area contributed by atoms with Crippen LogP contribution >= 0.6 is 23.7 Å². The van der Waals surface area contributed by atoms with E-state index in [2.05, 4.69) is 30.9 Å². The zero-order valence-electron chi connectivity index (χ0n) is 16.9. The van der Waals surface area contributed by atoms with Gasteiger partial charge in [-0.25, -0.2) is 4.98 Å². The number of rotatable bonds is 6. The van der Waals surface area contributed by atoms with Crippen molar-refractivity contribution in [2.75, 3.05) is 39.2 Å². The van der Waals surface area contributed by atoms with Crippen molar-refractivity contribution in [2.24, 2.45) is 0 Å². The van der Waals surface area contributed by atoms with Crippen LogP contribution in [-0.4, -0.2) is 50.1 Å². The highest BCUT2D eigenvalue weighted by molar-refractivity contribution is 7.22. The zero-order valence-corrected chi connectivity index (χ0v) is 18.5. The summed E-state index contributed by atoms with van der Waals surface area (Å²) in [6.07, 6.45) is 0. The number of nitrogens with zero attached hydrogens (tertiary/aromatic N) is 3. The van der Waals surface area contributed by atoms with Gasteiger partial charge >= 0.3 is 0 Å². The van der Waals surface area contributed by atoms with Gasteiger partial charge in [-0.3, -0.25) is 9.69 Å². The Morgan fingerprint density at radius 3 is 2.50 bits per heavy atom. The Balaban J connectivity index is 0.00000280. The van der Waals surface area contributed by atoms with Gasteiger partial charge in [0.25, 0.3) is 5.91 Å². The number of hydrogen-bond donors (Lipinski definition) is 0. The van der Waals surface area contributed by atoms with Crippen LogP contribution < -0.4 is 9.64 Å². The first-order valence-electron chi connectivity index (χ1n) is 8.88. The molecular weight excluding hydrogens is 394 g/mol. The molecule has 0 unspecified atom stereocenters. The van der Waals surface area contributed by atoms with E-state index in [4.69, 9.17) is 9.72 Å². The van der Waals surface area contributed by atoms with E-state index in [0.29, 0.717) is 17.9 Å². The Hall–Kier alpha value is -2.15. The fourth-order valence-electron chi connectivity index (χ4n) is 2.88. The Morgan fingerprint density at radius 2 is 1.82 bits per heavy atom. The van der Waals surface area contributed by atoms with Gasteiger partial charge in [-0.05, 0) is 57.3 Å². The maximum Gasteiger partial charge on any atom is 0.263 e. The van der Waals surface area contributed by atoms with Crippen molar-refractivity contribution >= 4 is 45.0 Å². The Labute approximate surface area is 176 Å². The van der Waals surface area contributed by atoms with Gasteiger partial charge in [0.2, 0.25) is 0 Å². The molecular formula is C21H26ClN3O2S. The SMILES string of the molecule is COc1ccccc1C(=O)N(CCN(C)C)c1nc2c(C)c(C)ccc2s1.Cl. The minimum absolute atomic E-state index is 0. The molecule has 0 bridgehead atoms. The Bertz CT molecular complexity index is 971. The van der Waals surface area contributed by atoms with Gasteiger partial charge in [0.15, 0.2) is 5.13 Å². The van der Waals surface area contributed by atoms with Gasteiger partial charge in [0, 0.05) is 13.1 Å². The molecule has 150 valence electrons. The number of para-hydroxylation sites is 1. The summed E-state index contributed by atoms with van der Waals surface area (Å²) < 4.78 is 6.49. The number of halogens is 1. The molecule has 0 aliphatic heterocycles. The minimum Gasteiger partial charge on any atom is -0.496 e. The first-order chi connectivity index (χ1) is 12.9. The van der Waals surface area contributed by atoms with Gasteiger partial charge < -0.3 is 9.64 Å². The number of amides is 1. The summed E-state index contributed by atoms with van der Waals surface area (Å²) in [5.74, 6) is 0.480. The molecule has 3 aromatic rings. The number of benzene rings is 2. The highest BCUT2D eigenvalue weighted by Gasteiger charge is 2.24. The van der Waals surface area contributed by atoms with Crippen LogP contribution in [0, 0.1) is 13.8 Å². The molecule has 3 rings (SSSR count). The second-order valence-corrected chi connectivity index (χ2v) is 7.82. The van der Waals surface area contributed by atoms with Crippen LogP contribution in [0.2, 0.25) is 0 Å². The molecule has 7 heteroatoms. The number of likely N-dealkylation sites (N-methyl/N-ethyl adjacent to an activating group) is 1. The van der Waals surface area contributed by atoms with Gasteiger partial charge in [0.1, 0.15) is 5.75 Å². The quantitative estimate of drug-likeness (QED) is 0.587. The predicted octanol–water partition coefficient (Wildman–Crippen LogP) is 4.55. The summed E-state index contributed by atoms with van der Waals surface area (Å²) in [6.45, 7) is 5.46. The first-order valence-corrected chi connectivity index (χ1v) is 9.70. The van der Waals surface area contributed by atoms with Crippen LogP contribution in [-0.2, 0) is 0 Å². The summed E-state index contributed by atoms with van der Waals surface area (Å²) in [6, 6.07) is 11.5. The fourth-order valence-corrected chi connectivity index (χ4v) is 3.93. The van der Waals surface area contributed by atoms with Crippen molar-refractivity contribution < 1.29 is 9.53 Å². The zero-order chi connectivity index (χ0) is 19.6. The van der Waals surface area contributed by atoms with E-state index in [0.717, 1.165) is 27.5 Å². The lowest BCUT2D eigenvalue weighted by Crippen LogP contribution is -2.36.